The van der Waals surface area contributed by atoms with Crippen LogP contribution in [0.15, 0.2) is 30.3 Å². The van der Waals surface area contributed by atoms with Gasteiger partial charge in [-0.3, -0.25) is 9.59 Å². The van der Waals surface area contributed by atoms with E-state index in [0.717, 1.165) is 31.2 Å². The number of likely N-dealkylation sites (tertiary alicyclic amines) is 1. The molecule has 0 radical (unpaired) electrons. The molecule has 136 valence electrons. The molecule has 5 heteroatoms. The fraction of sp³-hybridized carbons (Fsp3) is 0.600. The minimum Gasteiger partial charge on any atom is -0.388 e. The predicted octanol–water partition coefficient (Wildman–Crippen LogP) is 2.36. The Bertz CT molecular complexity index is 625. The van der Waals surface area contributed by atoms with Crippen molar-refractivity contribution < 1.29 is 14.7 Å². The third kappa shape index (κ3) is 3.87. The van der Waals surface area contributed by atoms with E-state index in [-0.39, 0.29) is 30.2 Å². The lowest BCUT2D eigenvalue weighted by atomic mass is 10.0. The average Bonchev–Trinajstić information content (AvgIpc) is 3.20. The molecule has 5 nitrogen and oxygen atoms in total. The van der Waals surface area contributed by atoms with Crippen LogP contribution >= 0.6 is 0 Å². The van der Waals surface area contributed by atoms with E-state index >= 15 is 0 Å². The second-order valence-electron chi connectivity index (χ2n) is 7.66. The largest absolute Gasteiger partial charge is 0.388 e. The topological polar surface area (TPSA) is 60.9 Å². The first-order valence-electron chi connectivity index (χ1n) is 9.21. The fourth-order valence-corrected chi connectivity index (χ4v) is 4.21. The number of carbonyl (C=O) groups is 2. The monoisotopic (exact) mass is 344 g/mol. The molecule has 0 aromatic heterocycles. The molecule has 2 amide bonds. The Morgan fingerprint density at radius 2 is 1.96 bits per heavy atom. The quantitative estimate of drug-likeness (QED) is 0.892. The molecule has 1 N–H and O–H groups in total. The first-order valence-corrected chi connectivity index (χ1v) is 9.21. The molecule has 25 heavy (non-hydrogen) atoms. The highest BCUT2D eigenvalue weighted by Gasteiger charge is 2.40. The van der Waals surface area contributed by atoms with Crippen LogP contribution in [0.25, 0.3) is 0 Å². The van der Waals surface area contributed by atoms with Crippen LogP contribution in [0.1, 0.15) is 50.6 Å². The molecule has 2 unspecified atom stereocenters. The molecule has 3 rings (SSSR count). The number of hydrogen-bond acceptors (Lipinski definition) is 3. The Morgan fingerprint density at radius 3 is 2.60 bits per heavy atom. The summed E-state index contributed by atoms with van der Waals surface area (Å²) in [5.74, 6) is -0.312. The summed E-state index contributed by atoms with van der Waals surface area (Å²) >= 11 is 0. The van der Waals surface area contributed by atoms with Crippen molar-refractivity contribution in [2.75, 3.05) is 20.1 Å². The molecule has 1 heterocycles. The second kappa shape index (κ2) is 7.16. The van der Waals surface area contributed by atoms with Gasteiger partial charge in [-0.05, 0) is 25.3 Å². The van der Waals surface area contributed by atoms with Crippen molar-refractivity contribution >= 4 is 11.8 Å². The van der Waals surface area contributed by atoms with Gasteiger partial charge in [-0.2, -0.15) is 0 Å². The van der Waals surface area contributed by atoms with Crippen molar-refractivity contribution in [3.63, 3.8) is 0 Å². The van der Waals surface area contributed by atoms with Gasteiger partial charge in [-0.25, -0.2) is 0 Å². The number of amides is 2. The van der Waals surface area contributed by atoms with Crippen LogP contribution in [0.5, 0.6) is 0 Å². The van der Waals surface area contributed by atoms with E-state index in [1.165, 1.54) is 0 Å². The van der Waals surface area contributed by atoms with Gasteiger partial charge in [-0.1, -0.05) is 43.2 Å². The van der Waals surface area contributed by atoms with Crippen molar-refractivity contribution in [2.45, 2.75) is 50.7 Å². The zero-order valence-electron chi connectivity index (χ0n) is 15.1. The Kier molecular flexibility index (Phi) is 5.13. The average molecular weight is 344 g/mol. The van der Waals surface area contributed by atoms with Crippen molar-refractivity contribution in [2.24, 2.45) is 5.92 Å². The highest BCUT2D eigenvalue weighted by Crippen LogP contribution is 2.32. The summed E-state index contributed by atoms with van der Waals surface area (Å²) in [7, 11) is 1.74. The van der Waals surface area contributed by atoms with E-state index in [1.807, 2.05) is 37.3 Å². The van der Waals surface area contributed by atoms with Crippen molar-refractivity contribution in [3.8, 4) is 0 Å². The van der Waals surface area contributed by atoms with Gasteiger partial charge < -0.3 is 14.9 Å². The zero-order chi connectivity index (χ0) is 18.0. The van der Waals surface area contributed by atoms with Gasteiger partial charge in [-0.15, -0.1) is 0 Å². The number of aliphatic hydroxyl groups is 1. The van der Waals surface area contributed by atoms with E-state index in [4.69, 9.17) is 0 Å². The molecular formula is C20H28N2O3. The van der Waals surface area contributed by atoms with Crippen LogP contribution in [-0.4, -0.2) is 52.5 Å². The molecule has 1 aliphatic carbocycles. The maximum Gasteiger partial charge on any atom is 0.227 e. The maximum atomic E-state index is 12.8. The Balaban J connectivity index is 1.62. The van der Waals surface area contributed by atoms with E-state index < -0.39 is 5.60 Å². The van der Waals surface area contributed by atoms with Crippen LogP contribution in [0, 0.1) is 5.92 Å². The third-order valence-corrected chi connectivity index (χ3v) is 5.70. The Hall–Kier alpha value is -1.88. The molecule has 0 bridgehead atoms. The molecule has 2 fully saturated rings. The lowest BCUT2D eigenvalue weighted by Crippen LogP contribution is -2.44. The molecule has 1 aromatic rings. The van der Waals surface area contributed by atoms with Crippen LogP contribution in [-0.2, 0) is 9.59 Å². The van der Waals surface area contributed by atoms with Gasteiger partial charge in [0.05, 0.1) is 17.6 Å². The van der Waals surface area contributed by atoms with Gasteiger partial charge in [0.15, 0.2) is 0 Å². The van der Waals surface area contributed by atoms with Crippen molar-refractivity contribution in [1.82, 2.24) is 9.80 Å². The van der Waals surface area contributed by atoms with Gasteiger partial charge >= 0.3 is 0 Å². The van der Waals surface area contributed by atoms with E-state index in [2.05, 4.69) is 0 Å². The Morgan fingerprint density at radius 1 is 1.32 bits per heavy atom. The number of benzene rings is 1. The molecule has 1 aromatic carbocycles. The third-order valence-electron chi connectivity index (χ3n) is 5.70. The minimum absolute atomic E-state index is 0.0303. The molecule has 1 aliphatic heterocycles. The SMILES string of the molecule is CC(c1ccccc1)N1CC(C(=O)N(C)CC2(O)CCCC2)CC1=O. The van der Waals surface area contributed by atoms with Gasteiger partial charge in [0.2, 0.25) is 11.8 Å². The van der Waals surface area contributed by atoms with Crippen LogP contribution < -0.4 is 0 Å². The summed E-state index contributed by atoms with van der Waals surface area (Å²) in [5, 5.41) is 10.5. The number of likely N-dealkylation sites (N-methyl/N-ethyl adjacent to an activating group) is 1. The number of nitrogens with zero attached hydrogens (tertiary/aromatic N) is 2. The lowest BCUT2D eigenvalue weighted by Gasteiger charge is -2.30. The molecular weight excluding hydrogens is 316 g/mol. The lowest BCUT2D eigenvalue weighted by molar-refractivity contribution is -0.137. The molecule has 1 saturated carbocycles. The fourth-order valence-electron chi connectivity index (χ4n) is 4.21. The molecule has 2 atom stereocenters. The van der Waals surface area contributed by atoms with Crippen LogP contribution in [0.2, 0.25) is 0 Å². The number of rotatable bonds is 5. The summed E-state index contributed by atoms with van der Waals surface area (Å²) in [5.41, 5.74) is 0.335. The summed E-state index contributed by atoms with van der Waals surface area (Å²) in [6.45, 7) is 2.83. The molecule has 1 saturated heterocycles. The van der Waals surface area contributed by atoms with E-state index in [0.29, 0.717) is 13.1 Å². The first-order chi connectivity index (χ1) is 11.9. The van der Waals surface area contributed by atoms with Crippen molar-refractivity contribution in [1.29, 1.82) is 0 Å². The second-order valence-corrected chi connectivity index (χ2v) is 7.66. The number of carbonyl (C=O) groups excluding carboxylic acids is 2. The maximum absolute atomic E-state index is 12.8. The Labute approximate surface area is 149 Å². The predicted molar refractivity (Wildman–Crippen MR) is 95.7 cm³/mol. The summed E-state index contributed by atoms with van der Waals surface area (Å²) in [6.07, 6.45) is 3.81. The highest BCUT2D eigenvalue weighted by molar-refractivity contribution is 5.89. The smallest absolute Gasteiger partial charge is 0.227 e. The molecule has 0 spiro atoms. The van der Waals surface area contributed by atoms with Gasteiger partial charge in [0.25, 0.3) is 0 Å². The zero-order valence-corrected chi connectivity index (χ0v) is 15.1. The summed E-state index contributed by atoms with van der Waals surface area (Å²) in [6, 6.07) is 9.87. The summed E-state index contributed by atoms with van der Waals surface area (Å²) in [4.78, 5) is 28.6. The standard InChI is InChI=1S/C20H28N2O3/c1-15(16-8-4-3-5-9-16)22-13-17(12-18(22)23)19(24)21(2)14-20(25)10-6-7-11-20/h3-5,8-9,15,17,25H,6-7,10-14H2,1-2H3. The van der Waals surface area contributed by atoms with Crippen LogP contribution in [0.4, 0.5) is 0 Å². The normalized spacial score (nSPS) is 23.7. The summed E-state index contributed by atoms with van der Waals surface area (Å²) < 4.78 is 0. The van der Waals surface area contributed by atoms with Crippen LogP contribution in [0.3, 0.4) is 0 Å². The van der Waals surface area contributed by atoms with Gasteiger partial charge in [0, 0.05) is 26.6 Å². The molecule has 2 aliphatic rings. The first kappa shape index (κ1) is 17.9. The van der Waals surface area contributed by atoms with E-state index in [1.54, 1.807) is 16.8 Å². The highest BCUT2D eigenvalue weighted by atomic mass is 16.3. The van der Waals surface area contributed by atoms with E-state index in [9.17, 15) is 14.7 Å². The number of hydrogen-bond donors (Lipinski definition) is 1. The minimum atomic E-state index is -0.746. The van der Waals surface area contributed by atoms with Gasteiger partial charge in [0.1, 0.15) is 0 Å². The van der Waals surface area contributed by atoms with Crippen molar-refractivity contribution in [3.05, 3.63) is 35.9 Å².